The van der Waals surface area contributed by atoms with E-state index in [1.54, 1.807) is 0 Å². The number of carboxylic acid groups (broad SMARTS) is 1. The Bertz CT molecular complexity index is 459. The van der Waals surface area contributed by atoms with E-state index in [-0.39, 0.29) is 12.5 Å². The largest absolute Gasteiger partial charge is 0.480 e. The maximum absolute atomic E-state index is 12.0. The molecule has 1 rings (SSSR count). The SMILES string of the molecule is CC(=O)N[C@@H](CC(=O)OC1CCCCC1)C(=O)N[C@@H](C)C(=O)O. The average molecular weight is 328 g/mol. The maximum Gasteiger partial charge on any atom is 0.325 e. The Morgan fingerprint density at radius 3 is 2.26 bits per heavy atom. The monoisotopic (exact) mass is 328 g/mol. The molecule has 1 aliphatic rings. The number of carboxylic acids is 1. The van der Waals surface area contributed by atoms with E-state index in [1.165, 1.54) is 13.8 Å². The van der Waals surface area contributed by atoms with E-state index in [0.717, 1.165) is 32.1 Å². The van der Waals surface area contributed by atoms with E-state index in [0.29, 0.717) is 0 Å². The minimum absolute atomic E-state index is 0.143. The number of amides is 2. The summed E-state index contributed by atoms with van der Waals surface area (Å²) in [6.07, 6.45) is 4.27. The van der Waals surface area contributed by atoms with Gasteiger partial charge in [0.1, 0.15) is 18.2 Å². The summed E-state index contributed by atoms with van der Waals surface area (Å²) in [5.41, 5.74) is 0. The Morgan fingerprint density at radius 2 is 1.74 bits per heavy atom. The summed E-state index contributed by atoms with van der Waals surface area (Å²) in [5, 5.41) is 13.4. The van der Waals surface area contributed by atoms with Gasteiger partial charge in [-0.25, -0.2) is 0 Å². The molecule has 0 aromatic heterocycles. The van der Waals surface area contributed by atoms with Gasteiger partial charge in [-0.2, -0.15) is 0 Å². The fourth-order valence-corrected chi connectivity index (χ4v) is 2.41. The van der Waals surface area contributed by atoms with Gasteiger partial charge in [-0.15, -0.1) is 0 Å². The number of ether oxygens (including phenoxy) is 1. The van der Waals surface area contributed by atoms with Crippen molar-refractivity contribution in [3.05, 3.63) is 0 Å². The second-order valence-corrected chi connectivity index (χ2v) is 5.78. The lowest BCUT2D eigenvalue weighted by molar-refractivity contribution is -0.152. The van der Waals surface area contributed by atoms with Crippen molar-refractivity contribution in [1.82, 2.24) is 10.6 Å². The van der Waals surface area contributed by atoms with E-state index >= 15 is 0 Å². The van der Waals surface area contributed by atoms with Crippen molar-refractivity contribution in [3.63, 3.8) is 0 Å². The minimum Gasteiger partial charge on any atom is -0.480 e. The molecule has 0 aliphatic heterocycles. The van der Waals surface area contributed by atoms with Gasteiger partial charge >= 0.3 is 11.9 Å². The van der Waals surface area contributed by atoms with E-state index in [4.69, 9.17) is 9.84 Å². The highest BCUT2D eigenvalue weighted by atomic mass is 16.5. The van der Waals surface area contributed by atoms with Crippen molar-refractivity contribution in [3.8, 4) is 0 Å². The van der Waals surface area contributed by atoms with Gasteiger partial charge in [0.25, 0.3) is 0 Å². The summed E-state index contributed by atoms with van der Waals surface area (Å²) in [6.45, 7) is 2.51. The Kier molecular flexibility index (Phi) is 7.50. The van der Waals surface area contributed by atoms with Crippen molar-refractivity contribution in [2.75, 3.05) is 0 Å². The van der Waals surface area contributed by atoms with Gasteiger partial charge in [-0.05, 0) is 32.6 Å². The maximum atomic E-state index is 12.0. The molecule has 1 fully saturated rings. The normalized spacial score (nSPS) is 17.7. The summed E-state index contributed by atoms with van der Waals surface area (Å²) in [5.74, 6) is -2.99. The lowest BCUT2D eigenvalue weighted by atomic mass is 9.98. The van der Waals surface area contributed by atoms with Gasteiger partial charge in [0.05, 0.1) is 6.42 Å². The summed E-state index contributed by atoms with van der Waals surface area (Å²) in [4.78, 5) is 45.9. The zero-order chi connectivity index (χ0) is 17.4. The van der Waals surface area contributed by atoms with Gasteiger partial charge in [0, 0.05) is 6.92 Å². The third kappa shape index (κ3) is 7.12. The van der Waals surface area contributed by atoms with E-state index < -0.39 is 35.8 Å². The molecule has 8 heteroatoms. The van der Waals surface area contributed by atoms with Crippen LogP contribution in [0.3, 0.4) is 0 Å². The van der Waals surface area contributed by atoms with Crippen molar-refractivity contribution in [1.29, 1.82) is 0 Å². The molecular formula is C15H24N2O6. The van der Waals surface area contributed by atoms with Gasteiger partial charge in [-0.3, -0.25) is 19.2 Å². The van der Waals surface area contributed by atoms with Crippen LogP contribution >= 0.6 is 0 Å². The summed E-state index contributed by atoms with van der Waals surface area (Å²) in [6, 6.07) is -2.27. The Hall–Kier alpha value is -2.12. The fraction of sp³-hybridized carbons (Fsp3) is 0.733. The molecule has 0 bridgehead atoms. The molecule has 0 saturated heterocycles. The highest BCUT2D eigenvalue weighted by molar-refractivity contribution is 5.92. The number of carbonyl (C=O) groups is 4. The Morgan fingerprint density at radius 1 is 1.13 bits per heavy atom. The molecule has 2 atom stereocenters. The predicted molar refractivity (Wildman–Crippen MR) is 80.4 cm³/mol. The molecule has 0 radical (unpaired) electrons. The van der Waals surface area contributed by atoms with Crippen LogP contribution in [0.1, 0.15) is 52.4 Å². The molecule has 130 valence electrons. The lowest BCUT2D eigenvalue weighted by Crippen LogP contribution is -2.51. The number of hydrogen-bond acceptors (Lipinski definition) is 5. The van der Waals surface area contributed by atoms with Crippen LogP contribution in [0, 0.1) is 0 Å². The smallest absolute Gasteiger partial charge is 0.325 e. The van der Waals surface area contributed by atoms with Gasteiger partial charge in [0.2, 0.25) is 11.8 Å². The fourth-order valence-electron chi connectivity index (χ4n) is 2.41. The molecule has 1 saturated carbocycles. The van der Waals surface area contributed by atoms with Crippen molar-refractivity contribution < 1.29 is 29.0 Å². The number of hydrogen-bond donors (Lipinski definition) is 3. The molecular weight excluding hydrogens is 304 g/mol. The van der Waals surface area contributed by atoms with Gasteiger partial charge < -0.3 is 20.5 Å². The number of carbonyl (C=O) groups excluding carboxylic acids is 3. The molecule has 3 N–H and O–H groups in total. The van der Waals surface area contributed by atoms with E-state index in [1.807, 2.05) is 0 Å². The first-order valence-electron chi connectivity index (χ1n) is 7.79. The number of rotatable bonds is 7. The predicted octanol–water partition coefficient (Wildman–Crippen LogP) is 0.346. The van der Waals surface area contributed by atoms with Gasteiger partial charge in [0.15, 0.2) is 0 Å². The number of esters is 1. The van der Waals surface area contributed by atoms with Crippen molar-refractivity contribution in [2.45, 2.75) is 70.6 Å². The molecule has 0 spiro atoms. The summed E-state index contributed by atoms with van der Waals surface area (Å²) >= 11 is 0. The third-order valence-electron chi connectivity index (χ3n) is 3.64. The first kappa shape index (κ1) is 18.9. The summed E-state index contributed by atoms with van der Waals surface area (Å²) in [7, 11) is 0. The molecule has 23 heavy (non-hydrogen) atoms. The zero-order valence-electron chi connectivity index (χ0n) is 13.5. The van der Waals surface area contributed by atoms with E-state index in [2.05, 4.69) is 10.6 Å². The molecule has 0 aromatic rings. The van der Waals surface area contributed by atoms with Crippen LogP contribution < -0.4 is 10.6 Å². The highest BCUT2D eigenvalue weighted by Crippen LogP contribution is 2.20. The third-order valence-corrected chi connectivity index (χ3v) is 3.64. The average Bonchev–Trinajstić information content (AvgIpc) is 2.46. The Balaban J connectivity index is 2.58. The zero-order valence-corrected chi connectivity index (χ0v) is 13.5. The second-order valence-electron chi connectivity index (χ2n) is 5.78. The van der Waals surface area contributed by atoms with Crippen LogP contribution in [-0.4, -0.2) is 47.0 Å². The minimum atomic E-state index is -1.20. The van der Waals surface area contributed by atoms with E-state index in [9.17, 15) is 19.2 Å². The van der Waals surface area contributed by atoms with Gasteiger partial charge in [-0.1, -0.05) is 6.42 Å². The molecule has 1 aliphatic carbocycles. The number of nitrogens with one attached hydrogen (secondary N) is 2. The summed E-state index contributed by atoms with van der Waals surface area (Å²) < 4.78 is 5.32. The van der Waals surface area contributed by atoms with Crippen molar-refractivity contribution >= 4 is 23.8 Å². The standard InChI is InChI=1S/C15H24N2O6/c1-9(15(21)22)16-14(20)12(17-10(2)18)8-13(19)23-11-6-4-3-5-7-11/h9,11-12H,3-8H2,1-2H3,(H,16,20)(H,17,18)(H,21,22)/t9-,12-/m0/s1. The quantitative estimate of drug-likeness (QED) is 0.580. The lowest BCUT2D eigenvalue weighted by Gasteiger charge is -2.23. The van der Waals surface area contributed by atoms with Crippen LogP contribution in [0.25, 0.3) is 0 Å². The molecule has 0 heterocycles. The first-order chi connectivity index (χ1) is 10.8. The van der Waals surface area contributed by atoms with Crippen LogP contribution in [0.5, 0.6) is 0 Å². The first-order valence-corrected chi connectivity index (χ1v) is 7.79. The Labute approximate surface area is 134 Å². The van der Waals surface area contributed by atoms with Crippen molar-refractivity contribution in [2.24, 2.45) is 0 Å². The van der Waals surface area contributed by atoms with Crippen LogP contribution in [0.15, 0.2) is 0 Å². The van der Waals surface area contributed by atoms with Crippen LogP contribution in [-0.2, 0) is 23.9 Å². The number of aliphatic carboxylic acids is 1. The second kappa shape index (κ2) is 9.12. The highest BCUT2D eigenvalue weighted by Gasteiger charge is 2.27. The topological polar surface area (TPSA) is 122 Å². The molecule has 2 amide bonds. The van der Waals surface area contributed by atoms with Crippen LogP contribution in [0.4, 0.5) is 0 Å². The van der Waals surface area contributed by atoms with Crippen LogP contribution in [0.2, 0.25) is 0 Å². The molecule has 0 aromatic carbocycles. The molecule has 0 unspecified atom stereocenters. The molecule has 8 nitrogen and oxygen atoms in total.